The molecule has 0 fully saturated rings. The van der Waals surface area contributed by atoms with Crippen molar-refractivity contribution in [1.82, 2.24) is 9.88 Å². The first kappa shape index (κ1) is 13.5. The molecule has 0 amide bonds. The summed E-state index contributed by atoms with van der Waals surface area (Å²) in [5.74, 6) is 5.40. The third kappa shape index (κ3) is 4.05. The van der Waals surface area contributed by atoms with Crippen LogP contribution >= 0.6 is 0 Å². The molecule has 0 unspecified atom stereocenters. The predicted molar refractivity (Wildman–Crippen MR) is 78.4 cm³/mol. The second-order valence-electron chi connectivity index (χ2n) is 4.84. The summed E-state index contributed by atoms with van der Waals surface area (Å²) >= 11 is 0. The normalized spacial score (nSPS) is 10.7. The third-order valence-electron chi connectivity index (χ3n) is 2.95. The lowest BCUT2D eigenvalue weighted by Crippen LogP contribution is -2.18. The van der Waals surface area contributed by atoms with Crippen molar-refractivity contribution >= 4 is 5.69 Å². The van der Waals surface area contributed by atoms with Gasteiger partial charge in [-0.05, 0) is 31.7 Å². The van der Waals surface area contributed by atoms with Crippen molar-refractivity contribution in [3.8, 4) is 0 Å². The molecule has 0 aliphatic carbocycles. The molecule has 0 aliphatic heterocycles. The van der Waals surface area contributed by atoms with Crippen LogP contribution in [0.25, 0.3) is 0 Å². The number of anilines is 1. The van der Waals surface area contributed by atoms with E-state index in [1.54, 1.807) is 6.20 Å². The molecule has 100 valence electrons. The fraction of sp³-hybridized carbons (Fsp3) is 0.267. The summed E-state index contributed by atoms with van der Waals surface area (Å²) in [6.07, 6.45) is 1.77. The maximum Gasteiger partial charge on any atom is 0.0564 e. The summed E-state index contributed by atoms with van der Waals surface area (Å²) in [6.45, 7) is 3.81. The van der Waals surface area contributed by atoms with Gasteiger partial charge in [-0.3, -0.25) is 15.7 Å². The SMILES string of the molecule is Cc1cccc(CN(C)Cc2cc(NN)ccn2)c1. The van der Waals surface area contributed by atoms with Crippen molar-refractivity contribution in [3.05, 3.63) is 59.4 Å². The Kier molecular flexibility index (Phi) is 4.49. The summed E-state index contributed by atoms with van der Waals surface area (Å²) in [7, 11) is 2.09. The van der Waals surface area contributed by atoms with Gasteiger partial charge in [-0.2, -0.15) is 0 Å². The van der Waals surface area contributed by atoms with E-state index in [4.69, 9.17) is 5.84 Å². The zero-order valence-corrected chi connectivity index (χ0v) is 11.4. The summed E-state index contributed by atoms with van der Waals surface area (Å²) < 4.78 is 0. The van der Waals surface area contributed by atoms with Crippen molar-refractivity contribution in [2.24, 2.45) is 5.84 Å². The first-order valence-electron chi connectivity index (χ1n) is 6.33. The average molecular weight is 256 g/mol. The molecule has 0 saturated heterocycles. The minimum Gasteiger partial charge on any atom is -0.324 e. The Balaban J connectivity index is 1.98. The molecule has 1 heterocycles. The van der Waals surface area contributed by atoms with Crippen LogP contribution in [0.15, 0.2) is 42.6 Å². The number of hydrogen-bond acceptors (Lipinski definition) is 4. The van der Waals surface area contributed by atoms with Gasteiger partial charge in [0.2, 0.25) is 0 Å². The molecule has 19 heavy (non-hydrogen) atoms. The second-order valence-corrected chi connectivity index (χ2v) is 4.84. The molecule has 4 nitrogen and oxygen atoms in total. The molecule has 0 radical (unpaired) electrons. The molecule has 2 rings (SSSR count). The summed E-state index contributed by atoms with van der Waals surface area (Å²) in [6, 6.07) is 12.4. The number of aromatic nitrogens is 1. The standard InChI is InChI=1S/C15H20N4/c1-12-4-3-5-13(8-12)10-19(2)11-15-9-14(18-16)6-7-17-15/h3-9H,10-11,16H2,1-2H3,(H,17,18). The highest BCUT2D eigenvalue weighted by Gasteiger charge is 2.04. The predicted octanol–water partition coefficient (Wildman–Crippen LogP) is 2.31. The maximum absolute atomic E-state index is 5.40. The van der Waals surface area contributed by atoms with Gasteiger partial charge >= 0.3 is 0 Å². The van der Waals surface area contributed by atoms with Gasteiger partial charge in [0.1, 0.15) is 0 Å². The molecule has 1 aromatic heterocycles. The van der Waals surface area contributed by atoms with Crippen molar-refractivity contribution in [1.29, 1.82) is 0 Å². The third-order valence-corrected chi connectivity index (χ3v) is 2.95. The van der Waals surface area contributed by atoms with Crippen LogP contribution < -0.4 is 11.3 Å². The number of aryl methyl sites for hydroxylation is 1. The zero-order chi connectivity index (χ0) is 13.7. The minimum absolute atomic E-state index is 0.795. The van der Waals surface area contributed by atoms with E-state index in [-0.39, 0.29) is 0 Å². The van der Waals surface area contributed by atoms with E-state index in [1.807, 2.05) is 12.1 Å². The fourth-order valence-electron chi connectivity index (χ4n) is 2.11. The van der Waals surface area contributed by atoms with E-state index in [2.05, 4.69) is 53.5 Å². The van der Waals surface area contributed by atoms with Crippen molar-refractivity contribution < 1.29 is 0 Å². The Bertz CT molecular complexity index is 539. The van der Waals surface area contributed by atoms with E-state index >= 15 is 0 Å². The van der Waals surface area contributed by atoms with Crippen LogP contribution in [0.3, 0.4) is 0 Å². The minimum atomic E-state index is 0.795. The Hall–Kier alpha value is -1.91. The van der Waals surface area contributed by atoms with Crippen LogP contribution in [0, 0.1) is 6.92 Å². The molecule has 4 heteroatoms. The number of pyridine rings is 1. The molecule has 3 N–H and O–H groups in total. The number of hydrogen-bond donors (Lipinski definition) is 2. The molecule has 0 bridgehead atoms. The quantitative estimate of drug-likeness (QED) is 0.636. The van der Waals surface area contributed by atoms with Gasteiger partial charge in [0.25, 0.3) is 0 Å². The first-order valence-corrected chi connectivity index (χ1v) is 6.33. The van der Waals surface area contributed by atoms with E-state index in [1.165, 1.54) is 11.1 Å². The fourth-order valence-corrected chi connectivity index (χ4v) is 2.11. The van der Waals surface area contributed by atoms with E-state index in [0.717, 1.165) is 24.5 Å². The number of benzene rings is 1. The van der Waals surface area contributed by atoms with Gasteiger partial charge < -0.3 is 5.43 Å². The van der Waals surface area contributed by atoms with Crippen molar-refractivity contribution in [2.75, 3.05) is 12.5 Å². The second kappa shape index (κ2) is 6.31. The van der Waals surface area contributed by atoms with Crippen LogP contribution in [-0.2, 0) is 13.1 Å². The molecule has 2 aromatic rings. The lowest BCUT2D eigenvalue weighted by atomic mass is 10.1. The van der Waals surface area contributed by atoms with Crippen LogP contribution in [0.5, 0.6) is 0 Å². The number of nitrogens with two attached hydrogens (primary N) is 1. The largest absolute Gasteiger partial charge is 0.324 e. The van der Waals surface area contributed by atoms with Crippen LogP contribution in [0.1, 0.15) is 16.8 Å². The average Bonchev–Trinajstić information content (AvgIpc) is 2.38. The highest BCUT2D eigenvalue weighted by molar-refractivity contribution is 5.41. The number of nitrogens with one attached hydrogen (secondary N) is 1. The van der Waals surface area contributed by atoms with Crippen molar-refractivity contribution in [3.63, 3.8) is 0 Å². The monoisotopic (exact) mass is 256 g/mol. The van der Waals surface area contributed by atoms with Gasteiger partial charge in [0.15, 0.2) is 0 Å². The maximum atomic E-state index is 5.40. The van der Waals surface area contributed by atoms with E-state index < -0.39 is 0 Å². The first-order chi connectivity index (χ1) is 9.17. The highest BCUT2D eigenvalue weighted by Crippen LogP contribution is 2.11. The lowest BCUT2D eigenvalue weighted by molar-refractivity contribution is 0.315. The smallest absolute Gasteiger partial charge is 0.0564 e. The van der Waals surface area contributed by atoms with Gasteiger partial charge in [-0.1, -0.05) is 29.8 Å². The van der Waals surface area contributed by atoms with E-state index in [9.17, 15) is 0 Å². The van der Waals surface area contributed by atoms with Crippen LogP contribution in [0.4, 0.5) is 5.69 Å². The van der Waals surface area contributed by atoms with E-state index in [0.29, 0.717) is 0 Å². The summed E-state index contributed by atoms with van der Waals surface area (Å²) in [5, 5.41) is 0. The molecule has 0 aliphatic rings. The van der Waals surface area contributed by atoms with Gasteiger partial charge in [0, 0.05) is 19.3 Å². The topological polar surface area (TPSA) is 54.2 Å². The molecule has 1 aromatic carbocycles. The molecular formula is C15H20N4. The number of nitrogens with zero attached hydrogens (tertiary/aromatic N) is 2. The van der Waals surface area contributed by atoms with Gasteiger partial charge in [-0.25, -0.2) is 0 Å². The Morgan fingerprint density at radius 1 is 1.21 bits per heavy atom. The number of nitrogen functional groups attached to an aromatic ring is 1. The van der Waals surface area contributed by atoms with Crippen LogP contribution in [0.2, 0.25) is 0 Å². The molecule has 0 saturated carbocycles. The number of hydrazine groups is 1. The Labute approximate surface area is 114 Å². The summed E-state index contributed by atoms with van der Waals surface area (Å²) in [4.78, 5) is 6.58. The summed E-state index contributed by atoms with van der Waals surface area (Å²) in [5.41, 5.74) is 7.13. The van der Waals surface area contributed by atoms with Crippen molar-refractivity contribution in [2.45, 2.75) is 20.0 Å². The highest BCUT2D eigenvalue weighted by atomic mass is 15.2. The van der Waals surface area contributed by atoms with Gasteiger partial charge in [-0.15, -0.1) is 0 Å². The Morgan fingerprint density at radius 2 is 2.05 bits per heavy atom. The van der Waals surface area contributed by atoms with Crippen LogP contribution in [-0.4, -0.2) is 16.9 Å². The zero-order valence-electron chi connectivity index (χ0n) is 11.4. The molecule has 0 spiro atoms. The molecule has 0 atom stereocenters. The Morgan fingerprint density at radius 3 is 2.79 bits per heavy atom. The number of rotatable bonds is 5. The van der Waals surface area contributed by atoms with Gasteiger partial charge in [0.05, 0.1) is 11.4 Å². The lowest BCUT2D eigenvalue weighted by Gasteiger charge is -2.17. The molecular weight excluding hydrogens is 236 g/mol.